The SMILES string of the molecule is C/C(=N\NC(=S)Nc1ccc(Cl)cc1)c1nc2cc(Sc3ccc(F)cc3)ccc2[nH]1. The van der Waals surface area contributed by atoms with E-state index in [1.54, 1.807) is 36.0 Å². The van der Waals surface area contributed by atoms with Gasteiger partial charge in [0.15, 0.2) is 10.9 Å². The van der Waals surface area contributed by atoms with Crippen LogP contribution in [0, 0.1) is 5.82 Å². The van der Waals surface area contributed by atoms with Gasteiger partial charge in [0.2, 0.25) is 0 Å². The van der Waals surface area contributed by atoms with E-state index in [0.29, 0.717) is 21.7 Å². The van der Waals surface area contributed by atoms with E-state index in [1.165, 1.54) is 12.1 Å². The van der Waals surface area contributed by atoms with Crippen molar-refractivity contribution in [2.45, 2.75) is 16.7 Å². The van der Waals surface area contributed by atoms with Gasteiger partial charge in [-0.2, -0.15) is 5.10 Å². The van der Waals surface area contributed by atoms with E-state index in [1.807, 2.05) is 37.3 Å². The molecule has 3 aromatic carbocycles. The Hall–Kier alpha value is -2.94. The molecule has 4 aromatic rings. The van der Waals surface area contributed by atoms with E-state index in [-0.39, 0.29) is 5.82 Å². The number of anilines is 1. The van der Waals surface area contributed by atoms with Crippen molar-refractivity contribution in [3.63, 3.8) is 0 Å². The molecule has 3 N–H and O–H groups in total. The number of aromatic amines is 1. The summed E-state index contributed by atoms with van der Waals surface area (Å²) >= 11 is 12.7. The highest BCUT2D eigenvalue weighted by atomic mass is 35.5. The molecule has 0 saturated carbocycles. The van der Waals surface area contributed by atoms with Crippen LogP contribution in [0.3, 0.4) is 0 Å². The number of nitrogens with zero attached hydrogens (tertiary/aromatic N) is 2. The number of aromatic nitrogens is 2. The van der Waals surface area contributed by atoms with Crippen LogP contribution in [0.2, 0.25) is 5.02 Å². The van der Waals surface area contributed by atoms with Crippen molar-refractivity contribution < 1.29 is 4.39 Å². The second kappa shape index (κ2) is 9.47. The fourth-order valence-corrected chi connectivity index (χ4v) is 3.88. The Labute approximate surface area is 193 Å². The molecule has 0 aliphatic rings. The lowest BCUT2D eigenvalue weighted by atomic mass is 10.3. The summed E-state index contributed by atoms with van der Waals surface area (Å²) in [6.07, 6.45) is 0. The highest BCUT2D eigenvalue weighted by molar-refractivity contribution is 7.99. The highest BCUT2D eigenvalue weighted by Gasteiger charge is 2.08. The molecule has 156 valence electrons. The largest absolute Gasteiger partial charge is 0.337 e. The lowest BCUT2D eigenvalue weighted by Crippen LogP contribution is -2.25. The van der Waals surface area contributed by atoms with Gasteiger partial charge in [0.1, 0.15) is 11.5 Å². The molecule has 1 aromatic heterocycles. The van der Waals surface area contributed by atoms with E-state index in [9.17, 15) is 4.39 Å². The fourth-order valence-electron chi connectivity index (χ4n) is 2.74. The molecule has 0 bridgehead atoms. The standard InChI is InChI=1S/C22H17ClFN5S2/c1-13(28-29-22(30)25-16-6-2-14(23)3-7-16)21-26-19-11-10-18(12-20(19)27-21)31-17-8-4-15(24)5-9-17/h2-12H,1H3,(H,26,27)(H2,25,29,30)/b28-13+. The molecule has 0 aliphatic heterocycles. The molecule has 9 heteroatoms. The number of rotatable bonds is 5. The quantitative estimate of drug-likeness (QED) is 0.184. The van der Waals surface area contributed by atoms with Gasteiger partial charge in [0.05, 0.1) is 11.0 Å². The van der Waals surface area contributed by atoms with Crippen LogP contribution in [0.5, 0.6) is 0 Å². The number of hydrogen-bond acceptors (Lipinski definition) is 4. The summed E-state index contributed by atoms with van der Waals surface area (Å²) in [6, 6.07) is 19.6. The molecule has 0 fully saturated rings. The van der Waals surface area contributed by atoms with Crippen molar-refractivity contribution in [3.05, 3.63) is 83.4 Å². The lowest BCUT2D eigenvalue weighted by Gasteiger charge is -2.07. The molecule has 0 unspecified atom stereocenters. The van der Waals surface area contributed by atoms with E-state index >= 15 is 0 Å². The van der Waals surface area contributed by atoms with Crippen LogP contribution in [-0.4, -0.2) is 20.8 Å². The molecule has 5 nitrogen and oxygen atoms in total. The van der Waals surface area contributed by atoms with E-state index < -0.39 is 0 Å². The van der Waals surface area contributed by atoms with Gasteiger partial charge in [0, 0.05) is 20.5 Å². The van der Waals surface area contributed by atoms with Gasteiger partial charge in [-0.05, 0) is 85.9 Å². The van der Waals surface area contributed by atoms with Gasteiger partial charge in [-0.1, -0.05) is 23.4 Å². The van der Waals surface area contributed by atoms with E-state index in [0.717, 1.165) is 26.5 Å². The number of hydrogen-bond donors (Lipinski definition) is 3. The van der Waals surface area contributed by atoms with Crippen molar-refractivity contribution in [1.82, 2.24) is 15.4 Å². The summed E-state index contributed by atoms with van der Waals surface area (Å²) < 4.78 is 13.1. The first-order valence-electron chi connectivity index (χ1n) is 9.27. The predicted molar refractivity (Wildman–Crippen MR) is 130 cm³/mol. The molecule has 0 spiro atoms. The van der Waals surface area contributed by atoms with Gasteiger partial charge in [0.25, 0.3) is 0 Å². The zero-order chi connectivity index (χ0) is 21.8. The third kappa shape index (κ3) is 5.61. The molecule has 31 heavy (non-hydrogen) atoms. The third-order valence-corrected chi connectivity index (χ3v) is 5.72. The minimum atomic E-state index is -0.247. The van der Waals surface area contributed by atoms with Crippen LogP contribution >= 0.6 is 35.6 Å². The monoisotopic (exact) mass is 469 g/mol. The average Bonchev–Trinajstić information content (AvgIpc) is 3.19. The smallest absolute Gasteiger partial charge is 0.191 e. The number of hydrazone groups is 1. The van der Waals surface area contributed by atoms with Crippen molar-refractivity contribution in [1.29, 1.82) is 0 Å². The highest BCUT2D eigenvalue weighted by Crippen LogP contribution is 2.29. The second-order valence-corrected chi connectivity index (χ2v) is 8.58. The average molecular weight is 470 g/mol. The van der Waals surface area contributed by atoms with Crippen molar-refractivity contribution in [2.24, 2.45) is 5.10 Å². The number of fused-ring (bicyclic) bond motifs is 1. The molecule has 1 heterocycles. The first kappa shape index (κ1) is 21.3. The first-order chi connectivity index (χ1) is 15.0. The summed E-state index contributed by atoms with van der Waals surface area (Å²) in [6.45, 7) is 1.84. The summed E-state index contributed by atoms with van der Waals surface area (Å²) in [4.78, 5) is 9.85. The molecule has 0 amide bonds. The van der Waals surface area contributed by atoms with Gasteiger partial charge in [-0.25, -0.2) is 9.37 Å². The predicted octanol–water partition coefficient (Wildman–Crippen LogP) is 6.22. The maximum absolute atomic E-state index is 13.1. The summed E-state index contributed by atoms with van der Waals surface area (Å²) in [5.74, 6) is 0.392. The number of nitrogens with one attached hydrogen (secondary N) is 3. The normalized spacial score (nSPS) is 11.5. The zero-order valence-corrected chi connectivity index (χ0v) is 18.7. The summed E-state index contributed by atoms with van der Waals surface area (Å²) in [5, 5.41) is 8.35. The minimum Gasteiger partial charge on any atom is -0.337 e. The molecule has 4 rings (SSSR count). The molecule has 0 atom stereocenters. The van der Waals surface area contributed by atoms with Gasteiger partial charge >= 0.3 is 0 Å². The Morgan fingerprint density at radius 1 is 1.06 bits per heavy atom. The minimum absolute atomic E-state index is 0.247. The Bertz CT molecular complexity index is 1250. The number of benzene rings is 3. The lowest BCUT2D eigenvalue weighted by molar-refractivity contribution is 0.626. The topological polar surface area (TPSA) is 65.1 Å². The van der Waals surface area contributed by atoms with Crippen LogP contribution < -0.4 is 10.7 Å². The van der Waals surface area contributed by atoms with E-state index in [4.69, 9.17) is 23.8 Å². The number of imidazole rings is 1. The summed E-state index contributed by atoms with van der Waals surface area (Å²) in [7, 11) is 0. The Morgan fingerprint density at radius 2 is 1.77 bits per heavy atom. The third-order valence-electron chi connectivity index (χ3n) is 4.27. The van der Waals surface area contributed by atoms with Crippen LogP contribution in [-0.2, 0) is 0 Å². The zero-order valence-electron chi connectivity index (χ0n) is 16.3. The number of halogens is 2. The maximum Gasteiger partial charge on any atom is 0.191 e. The second-order valence-electron chi connectivity index (χ2n) is 6.59. The van der Waals surface area contributed by atoms with Crippen LogP contribution in [0.4, 0.5) is 10.1 Å². The molecular formula is C22H17ClFN5S2. The number of H-pyrrole nitrogens is 1. The fraction of sp³-hybridized carbons (Fsp3) is 0.0455. The first-order valence-corrected chi connectivity index (χ1v) is 10.9. The van der Waals surface area contributed by atoms with Gasteiger partial charge in [-0.15, -0.1) is 0 Å². The molecular weight excluding hydrogens is 453 g/mol. The van der Waals surface area contributed by atoms with Crippen LogP contribution in [0.15, 0.2) is 81.6 Å². The molecule has 0 saturated heterocycles. The van der Waals surface area contributed by atoms with Gasteiger partial charge in [-0.3, -0.25) is 5.43 Å². The van der Waals surface area contributed by atoms with Crippen molar-refractivity contribution in [2.75, 3.05) is 5.32 Å². The van der Waals surface area contributed by atoms with Crippen molar-refractivity contribution in [3.8, 4) is 0 Å². The maximum atomic E-state index is 13.1. The van der Waals surface area contributed by atoms with E-state index in [2.05, 4.69) is 25.8 Å². The summed E-state index contributed by atoms with van der Waals surface area (Å²) in [5.41, 5.74) is 6.00. The molecule has 0 radical (unpaired) electrons. The van der Waals surface area contributed by atoms with Crippen molar-refractivity contribution >= 4 is 63.1 Å². The van der Waals surface area contributed by atoms with Crippen LogP contribution in [0.1, 0.15) is 12.7 Å². The number of thiocarbonyl (C=S) groups is 1. The van der Waals surface area contributed by atoms with Gasteiger partial charge < -0.3 is 10.3 Å². The molecule has 0 aliphatic carbocycles. The Morgan fingerprint density at radius 3 is 2.52 bits per heavy atom. The Balaban J connectivity index is 1.43. The van der Waals surface area contributed by atoms with Crippen LogP contribution in [0.25, 0.3) is 11.0 Å². The Kier molecular flexibility index (Phi) is 6.50.